The Hall–Kier alpha value is -1.63. The highest BCUT2D eigenvalue weighted by molar-refractivity contribution is 6.02. The summed E-state index contributed by atoms with van der Waals surface area (Å²) >= 11 is 0. The van der Waals surface area contributed by atoms with E-state index in [1.807, 2.05) is 0 Å². The SMILES string of the molecule is CC1NC(NCCC[C@H](N)C(=O)O)=NC1=O. The number of aliphatic carboxylic acids is 1. The van der Waals surface area contributed by atoms with Crippen LogP contribution >= 0.6 is 0 Å². The Morgan fingerprint density at radius 1 is 1.75 bits per heavy atom. The van der Waals surface area contributed by atoms with E-state index in [-0.39, 0.29) is 11.9 Å². The van der Waals surface area contributed by atoms with Crippen LogP contribution in [0.3, 0.4) is 0 Å². The van der Waals surface area contributed by atoms with Crippen LogP contribution in [-0.2, 0) is 9.59 Å². The first-order valence-electron chi connectivity index (χ1n) is 5.12. The Morgan fingerprint density at radius 3 is 2.94 bits per heavy atom. The van der Waals surface area contributed by atoms with E-state index in [0.717, 1.165) is 0 Å². The number of carboxylic acid groups (broad SMARTS) is 1. The fourth-order valence-corrected chi connectivity index (χ4v) is 1.25. The minimum Gasteiger partial charge on any atom is -0.480 e. The van der Waals surface area contributed by atoms with Crippen molar-refractivity contribution >= 4 is 17.8 Å². The predicted molar refractivity (Wildman–Crippen MR) is 57.9 cm³/mol. The summed E-state index contributed by atoms with van der Waals surface area (Å²) in [5.41, 5.74) is 5.33. The van der Waals surface area contributed by atoms with Gasteiger partial charge in [0.15, 0.2) is 5.96 Å². The molecule has 0 bridgehead atoms. The fraction of sp³-hybridized carbons (Fsp3) is 0.667. The van der Waals surface area contributed by atoms with Gasteiger partial charge in [-0.05, 0) is 19.8 Å². The van der Waals surface area contributed by atoms with Crippen molar-refractivity contribution in [2.75, 3.05) is 6.54 Å². The number of carbonyl (C=O) groups excluding carboxylic acids is 1. The second-order valence-corrected chi connectivity index (χ2v) is 3.68. The molecule has 0 aliphatic carbocycles. The number of hydrogen-bond acceptors (Lipinski definition) is 5. The largest absolute Gasteiger partial charge is 0.480 e. The number of nitrogens with two attached hydrogens (primary N) is 1. The van der Waals surface area contributed by atoms with E-state index in [9.17, 15) is 9.59 Å². The van der Waals surface area contributed by atoms with E-state index in [1.165, 1.54) is 0 Å². The average Bonchev–Trinajstić information content (AvgIpc) is 2.53. The van der Waals surface area contributed by atoms with Crippen LogP contribution in [0.15, 0.2) is 4.99 Å². The third-order valence-corrected chi connectivity index (χ3v) is 2.25. The van der Waals surface area contributed by atoms with Gasteiger partial charge in [0.05, 0.1) is 0 Å². The molecule has 7 nitrogen and oxygen atoms in total. The van der Waals surface area contributed by atoms with Crippen LogP contribution in [0.5, 0.6) is 0 Å². The van der Waals surface area contributed by atoms with Gasteiger partial charge in [-0.15, -0.1) is 0 Å². The molecule has 16 heavy (non-hydrogen) atoms. The van der Waals surface area contributed by atoms with Crippen LogP contribution < -0.4 is 16.4 Å². The van der Waals surface area contributed by atoms with Crippen LogP contribution in [0, 0.1) is 0 Å². The zero-order chi connectivity index (χ0) is 12.1. The number of aliphatic imine (C=N–C) groups is 1. The number of rotatable bonds is 5. The number of nitrogens with zero attached hydrogens (tertiary/aromatic N) is 1. The predicted octanol–water partition coefficient (Wildman–Crippen LogP) is -1.36. The van der Waals surface area contributed by atoms with E-state index < -0.39 is 12.0 Å². The van der Waals surface area contributed by atoms with E-state index >= 15 is 0 Å². The Morgan fingerprint density at radius 2 is 2.44 bits per heavy atom. The third kappa shape index (κ3) is 3.50. The summed E-state index contributed by atoms with van der Waals surface area (Å²) in [6.45, 7) is 2.26. The van der Waals surface area contributed by atoms with E-state index in [4.69, 9.17) is 10.8 Å². The summed E-state index contributed by atoms with van der Waals surface area (Å²) in [6, 6.07) is -1.12. The quantitative estimate of drug-likeness (QED) is 0.432. The lowest BCUT2D eigenvalue weighted by Gasteiger charge is -2.09. The van der Waals surface area contributed by atoms with Crippen molar-refractivity contribution in [3.05, 3.63) is 0 Å². The molecule has 0 aromatic rings. The second-order valence-electron chi connectivity index (χ2n) is 3.68. The summed E-state index contributed by atoms with van der Waals surface area (Å²) in [5.74, 6) is -0.758. The maximum absolute atomic E-state index is 11.0. The van der Waals surface area contributed by atoms with Crippen molar-refractivity contribution in [3.63, 3.8) is 0 Å². The molecule has 0 aromatic heterocycles. The number of carboxylic acids is 1. The fourth-order valence-electron chi connectivity index (χ4n) is 1.25. The summed E-state index contributed by atoms with van der Waals surface area (Å²) in [4.78, 5) is 25.2. The Balaban J connectivity index is 2.15. The van der Waals surface area contributed by atoms with Crippen LogP contribution in [0.4, 0.5) is 0 Å². The van der Waals surface area contributed by atoms with Crippen molar-refractivity contribution in [1.29, 1.82) is 0 Å². The molecule has 1 amide bonds. The molecule has 0 saturated carbocycles. The highest BCUT2D eigenvalue weighted by Gasteiger charge is 2.21. The maximum atomic E-state index is 11.0. The van der Waals surface area contributed by atoms with Crippen LogP contribution in [-0.4, -0.2) is 41.6 Å². The summed E-state index contributed by atoms with van der Waals surface area (Å²) in [5, 5.41) is 14.3. The molecule has 7 heteroatoms. The number of carbonyl (C=O) groups is 2. The standard InChI is InChI=1S/C9H16N4O3/c1-5-7(14)13-9(12-5)11-4-2-3-6(10)8(15)16/h5-6H,2-4,10H2,1H3,(H,15,16)(H2,11,12,13,14)/t5?,6-/m0/s1. The lowest BCUT2D eigenvalue weighted by Crippen LogP contribution is -2.39. The first-order chi connectivity index (χ1) is 7.50. The van der Waals surface area contributed by atoms with E-state index in [0.29, 0.717) is 25.3 Å². The smallest absolute Gasteiger partial charge is 0.320 e. The molecular formula is C9H16N4O3. The van der Waals surface area contributed by atoms with Gasteiger partial charge in [0.2, 0.25) is 0 Å². The van der Waals surface area contributed by atoms with Crippen molar-refractivity contribution in [1.82, 2.24) is 10.6 Å². The lowest BCUT2D eigenvalue weighted by molar-refractivity contribution is -0.138. The van der Waals surface area contributed by atoms with Crippen LogP contribution in [0.25, 0.3) is 0 Å². The Bertz CT molecular complexity index is 316. The van der Waals surface area contributed by atoms with Gasteiger partial charge in [-0.1, -0.05) is 0 Å². The van der Waals surface area contributed by atoms with Gasteiger partial charge in [0.25, 0.3) is 5.91 Å². The van der Waals surface area contributed by atoms with Crippen molar-refractivity contribution < 1.29 is 14.7 Å². The van der Waals surface area contributed by atoms with Crippen LogP contribution in [0.1, 0.15) is 19.8 Å². The molecule has 0 fully saturated rings. The van der Waals surface area contributed by atoms with Crippen molar-refractivity contribution in [3.8, 4) is 0 Å². The number of amides is 1. The molecule has 1 aliphatic rings. The van der Waals surface area contributed by atoms with E-state index in [1.54, 1.807) is 6.92 Å². The summed E-state index contributed by atoms with van der Waals surface area (Å²) < 4.78 is 0. The minimum atomic E-state index is -1.000. The zero-order valence-electron chi connectivity index (χ0n) is 9.06. The van der Waals surface area contributed by atoms with Gasteiger partial charge in [-0.25, -0.2) is 0 Å². The van der Waals surface area contributed by atoms with Gasteiger partial charge < -0.3 is 21.5 Å². The van der Waals surface area contributed by atoms with Crippen LogP contribution in [0.2, 0.25) is 0 Å². The van der Waals surface area contributed by atoms with Gasteiger partial charge >= 0.3 is 5.97 Å². The molecule has 5 N–H and O–H groups in total. The average molecular weight is 228 g/mol. The molecule has 2 atom stereocenters. The summed E-state index contributed by atoms with van der Waals surface area (Å²) in [7, 11) is 0. The molecule has 90 valence electrons. The molecule has 1 heterocycles. The first-order valence-corrected chi connectivity index (χ1v) is 5.12. The van der Waals surface area contributed by atoms with Gasteiger partial charge in [-0.2, -0.15) is 4.99 Å². The lowest BCUT2D eigenvalue weighted by atomic mass is 10.2. The highest BCUT2D eigenvalue weighted by atomic mass is 16.4. The van der Waals surface area contributed by atoms with Gasteiger partial charge in [-0.3, -0.25) is 9.59 Å². The minimum absolute atomic E-state index is 0.204. The number of guanidine groups is 1. The first kappa shape index (κ1) is 12.4. The maximum Gasteiger partial charge on any atom is 0.320 e. The Labute approximate surface area is 93.1 Å². The highest BCUT2D eigenvalue weighted by Crippen LogP contribution is 1.97. The molecular weight excluding hydrogens is 212 g/mol. The molecule has 1 aliphatic heterocycles. The summed E-state index contributed by atoms with van der Waals surface area (Å²) in [6.07, 6.45) is 0.996. The monoisotopic (exact) mass is 228 g/mol. The topological polar surface area (TPSA) is 117 Å². The van der Waals surface area contributed by atoms with Crippen molar-refractivity contribution in [2.45, 2.75) is 31.8 Å². The molecule has 0 spiro atoms. The molecule has 0 aromatic carbocycles. The van der Waals surface area contributed by atoms with E-state index in [2.05, 4.69) is 15.6 Å². The van der Waals surface area contributed by atoms with Crippen molar-refractivity contribution in [2.24, 2.45) is 10.7 Å². The number of nitrogens with one attached hydrogen (secondary N) is 2. The molecule has 1 rings (SSSR count). The third-order valence-electron chi connectivity index (χ3n) is 2.25. The molecule has 0 saturated heterocycles. The molecule has 1 unspecified atom stereocenters. The number of hydrogen-bond donors (Lipinski definition) is 4. The van der Waals surface area contributed by atoms with Gasteiger partial charge in [0.1, 0.15) is 12.1 Å². The second kappa shape index (κ2) is 5.45. The Kier molecular flexibility index (Phi) is 4.24. The zero-order valence-corrected chi connectivity index (χ0v) is 9.06. The van der Waals surface area contributed by atoms with Gasteiger partial charge in [0, 0.05) is 6.54 Å². The normalized spacial score (nSPS) is 21.2. The molecule has 0 radical (unpaired) electrons.